The van der Waals surface area contributed by atoms with Crippen LogP contribution in [-0.2, 0) is 10.0 Å². The van der Waals surface area contributed by atoms with Crippen LogP contribution in [0.5, 0.6) is 0 Å². The van der Waals surface area contributed by atoms with Gasteiger partial charge >= 0.3 is 0 Å². The van der Waals surface area contributed by atoms with Crippen LogP contribution in [0.2, 0.25) is 0 Å². The molecule has 1 unspecified atom stereocenters. The number of hydrogen-bond donors (Lipinski definition) is 0. The third-order valence-electron chi connectivity index (χ3n) is 0.984. The Morgan fingerprint density at radius 2 is 2.44 bits per heavy atom. The predicted molar refractivity (Wildman–Crippen MR) is 35.7 cm³/mol. The van der Waals surface area contributed by atoms with Crippen LogP contribution in [-0.4, -0.2) is 4.21 Å². The summed E-state index contributed by atoms with van der Waals surface area (Å²) in [5.74, 6) is 0.614. The van der Waals surface area contributed by atoms with Gasteiger partial charge in [-0.05, 0) is 23.7 Å². The minimum Gasteiger partial charge on any atom is -0.468 e. The summed E-state index contributed by atoms with van der Waals surface area (Å²) >= 11 is 0. The molecule has 1 rings (SSSR count). The van der Waals surface area contributed by atoms with Gasteiger partial charge in [-0.2, -0.15) is 0 Å². The molecular weight excluding hydrogens is 160 g/mol. The highest BCUT2D eigenvalue weighted by Gasteiger charge is 2.04. The molecule has 2 nitrogen and oxygen atoms in total. The van der Waals surface area contributed by atoms with E-state index in [1.165, 1.54) is 6.26 Å². The second kappa shape index (κ2) is 2.54. The highest BCUT2D eigenvalue weighted by molar-refractivity contribution is 8.08. The molecule has 0 saturated heterocycles. The Balaban J connectivity index is 3.08. The minimum absolute atomic E-state index is 0.552. The third kappa shape index (κ3) is 1.34. The summed E-state index contributed by atoms with van der Waals surface area (Å²) in [5.41, 5.74) is 0. The van der Waals surface area contributed by atoms with Crippen LogP contribution in [0, 0.1) is 6.92 Å². The van der Waals surface area contributed by atoms with E-state index in [0.29, 0.717) is 10.7 Å². The van der Waals surface area contributed by atoms with Crippen molar-refractivity contribution >= 4 is 20.7 Å². The largest absolute Gasteiger partial charge is 0.468 e. The van der Waals surface area contributed by atoms with Crippen LogP contribution < -0.4 is 0 Å². The Kier molecular flexibility index (Phi) is 1.93. The number of rotatable bonds is 1. The average molecular weight is 165 g/mol. The Bertz CT molecular complexity index is 231. The number of hydrogen-bond acceptors (Lipinski definition) is 2. The van der Waals surface area contributed by atoms with Crippen molar-refractivity contribution in [2.45, 2.75) is 11.8 Å². The first-order chi connectivity index (χ1) is 4.22. The number of aryl methyl sites for hydroxylation is 1. The van der Waals surface area contributed by atoms with Crippen molar-refractivity contribution in [1.82, 2.24) is 0 Å². The topological polar surface area (TPSA) is 30.2 Å². The van der Waals surface area contributed by atoms with E-state index in [1.54, 1.807) is 13.0 Å². The lowest BCUT2D eigenvalue weighted by molar-refractivity contribution is 0.526. The van der Waals surface area contributed by atoms with Crippen molar-refractivity contribution in [2.75, 3.05) is 0 Å². The monoisotopic (exact) mass is 164 g/mol. The first kappa shape index (κ1) is 6.83. The van der Waals surface area contributed by atoms with E-state index in [1.807, 2.05) is 0 Å². The van der Waals surface area contributed by atoms with Crippen LogP contribution in [0.25, 0.3) is 0 Å². The zero-order valence-electron chi connectivity index (χ0n) is 4.76. The maximum atomic E-state index is 10.5. The summed E-state index contributed by atoms with van der Waals surface area (Å²) in [7, 11) is 3.83. The van der Waals surface area contributed by atoms with E-state index in [-0.39, 0.29) is 0 Å². The Morgan fingerprint density at radius 1 is 1.78 bits per heavy atom. The second-order valence-corrected chi connectivity index (χ2v) is 3.29. The van der Waals surface area contributed by atoms with Crippen LogP contribution in [0.1, 0.15) is 5.76 Å². The van der Waals surface area contributed by atoms with Gasteiger partial charge in [0, 0.05) is 0 Å². The van der Waals surface area contributed by atoms with E-state index < -0.39 is 10.0 Å². The molecule has 0 saturated carbocycles. The lowest BCUT2D eigenvalue weighted by Gasteiger charge is -1.85. The lowest BCUT2D eigenvalue weighted by atomic mass is 10.5. The molecule has 1 aromatic heterocycles. The molecule has 0 aromatic carbocycles. The fraction of sp³-hybridized carbons (Fsp3) is 0.200. The fourth-order valence-corrected chi connectivity index (χ4v) is 1.46. The van der Waals surface area contributed by atoms with E-state index in [4.69, 9.17) is 15.1 Å². The maximum Gasteiger partial charge on any atom is 0.151 e. The van der Waals surface area contributed by atoms with Gasteiger partial charge in [-0.15, -0.1) is 0 Å². The molecule has 0 aliphatic carbocycles. The normalized spacial score (nSPS) is 13.6. The second-order valence-electron chi connectivity index (χ2n) is 1.56. The number of halogens is 1. The van der Waals surface area contributed by atoms with Crippen molar-refractivity contribution in [3.05, 3.63) is 18.1 Å². The molecule has 1 atom stereocenters. The Labute approximate surface area is 59.8 Å². The van der Waals surface area contributed by atoms with E-state index in [9.17, 15) is 4.21 Å². The van der Waals surface area contributed by atoms with Gasteiger partial charge in [0.25, 0.3) is 0 Å². The zero-order valence-corrected chi connectivity index (χ0v) is 6.33. The molecule has 0 amide bonds. The van der Waals surface area contributed by atoms with E-state index >= 15 is 0 Å². The summed E-state index contributed by atoms with van der Waals surface area (Å²) in [6.45, 7) is 1.72. The predicted octanol–water partition coefficient (Wildman–Crippen LogP) is 1.85. The van der Waals surface area contributed by atoms with E-state index in [0.717, 1.165) is 0 Å². The van der Waals surface area contributed by atoms with Gasteiger partial charge in [0.15, 0.2) is 10.0 Å². The Morgan fingerprint density at radius 3 is 2.67 bits per heavy atom. The van der Waals surface area contributed by atoms with Gasteiger partial charge in [0.05, 0.1) is 11.2 Å². The molecule has 9 heavy (non-hydrogen) atoms. The molecule has 0 fully saturated rings. The lowest BCUT2D eigenvalue weighted by Crippen LogP contribution is -1.78. The molecule has 1 heterocycles. The third-order valence-corrected chi connectivity index (χ3v) is 2.25. The van der Waals surface area contributed by atoms with Crippen molar-refractivity contribution in [3.63, 3.8) is 0 Å². The fourth-order valence-electron chi connectivity index (χ4n) is 0.540. The standard InChI is InChI=1S/C5H5ClO2S/c1-4-5(9(6)7)2-3-8-4/h2-3H,1H3. The molecule has 0 radical (unpaired) electrons. The maximum absolute atomic E-state index is 10.5. The molecule has 0 aliphatic rings. The van der Waals surface area contributed by atoms with Crippen LogP contribution in [0.3, 0.4) is 0 Å². The Hall–Kier alpha value is -0.280. The van der Waals surface area contributed by atoms with Crippen molar-refractivity contribution < 1.29 is 8.63 Å². The van der Waals surface area contributed by atoms with Crippen LogP contribution in [0.4, 0.5) is 0 Å². The van der Waals surface area contributed by atoms with Gasteiger partial charge in [-0.25, -0.2) is 4.21 Å². The van der Waals surface area contributed by atoms with Gasteiger partial charge in [0.2, 0.25) is 0 Å². The van der Waals surface area contributed by atoms with Gasteiger partial charge < -0.3 is 4.42 Å². The summed E-state index contributed by atoms with van der Waals surface area (Å²) in [6.07, 6.45) is 1.46. The first-order valence-electron chi connectivity index (χ1n) is 2.34. The molecule has 0 N–H and O–H groups in total. The molecular formula is C5H5ClO2S. The smallest absolute Gasteiger partial charge is 0.151 e. The minimum atomic E-state index is -1.43. The number of furan rings is 1. The first-order valence-corrected chi connectivity index (χ1v) is 4.31. The summed E-state index contributed by atoms with van der Waals surface area (Å²) in [4.78, 5) is 0.552. The van der Waals surface area contributed by atoms with Gasteiger partial charge in [0.1, 0.15) is 5.76 Å². The SMILES string of the molecule is Cc1occc1S(=O)Cl. The molecule has 0 aliphatic heterocycles. The van der Waals surface area contributed by atoms with Crippen molar-refractivity contribution in [3.8, 4) is 0 Å². The molecule has 0 spiro atoms. The molecule has 4 heteroatoms. The summed E-state index contributed by atoms with van der Waals surface area (Å²) in [5, 5.41) is 0. The highest BCUT2D eigenvalue weighted by atomic mass is 35.7. The summed E-state index contributed by atoms with van der Waals surface area (Å²) < 4.78 is 15.4. The van der Waals surface area contributed by atoms with Gasteiger partial charge in [-0.1, -0.05) is 0 Å². The van der Waals surface area contributed by atoms with Crippen LogP contribution >= 0.6 is 10.7 Å². The molecule has 1 aromatic rings. The quantitative estimate of drug-likeness (QED) is 0.593. The van der Waals surface area contributed by atoms with Crippen molar-refractivity contribution in [1.29, 1.82) is 0 Å². The van der Waals surface area contributed by atoms with Crippen molar-refractivity contribution in [2.24, 2.45) is 0 Å². The van der Waals surface area contributed by atoms with Crippen LogP contribution in [0.15, 0.2) is 21.6 Å². The highest BCUT2D eigenvalue weighted by Crippen LogP contribution is 2.15. The molecule has 50 valence electrons. The molecule has 0 bridgehead atoms. The van der Waals surface area contributed by atoms with E-state index in [2.05, 4.69) is 0 Å². The zero-order chi connectivity index (χ0) is 6.85. The van der Waals surface area contributed by atoms with Gasteiger partial charge in [-0.3, -0.25) is 0 Å². The summed E-state index contributed by atoms with van der Waals surface area (Å²) in [6, 6.07) is 1.60. The average Bonchev–Trinajstić information content (AvgIpc) is 2.13.